The molecule has 100 valence electrons. The smallest absolute Gasteiger partial charge is 0.260 e. The predicted octanol–water partition coefficient (Wildman–Crippen LogP) is 1.59. The summed E-state index contributed by atoms with van der Waals surface area (Å²) >= 11 is 0. The molecule has 0 radical (unpaired) electrons. The summed E-state index contributed by atoms with van der Waals surface area (Å²) in [6.45, 7) is 5.92. The number of carbonyl (C=O) groups is 1. The van der Waals surface area contributed by atoms with Crippen LogP contribution < -0.4 is 10.1 Å². The van der Waals surface area contributed by atoms with Gasteiger partial charge in [0.1, 0.15) is 5.75 Å². The van der Waals surface area contributed by atoms with E-state index >= 15 is 0 Å². The molecule has 0 saturated carbocycles. The van der Waals surface area contributed by atoms with E-state index in [1.165, 1.54) is 0 Å². The fraction of sp³-hybridized carbons (Fsp3) is 0.500. The molecule has 0 saturated heterocycles. The zero-order chi connectivity index (χ0) is 13.6. The Hall–Kier alpha value is -1.55. The average molecular weight is 251 g/mol. The largest absolute Gasteiger partial charge is 0.481 e. The van der Waals surface area contributed by atoms with Crippen molar-refractivity contribution in [1.29, 1.82) is 0 Å². The molecule has 1 amide bonds. The van der Waals surface area contributed by atoms with Crippen LogP contribution in [0.5, 0.6) is 5.75 Å². The lowest BCUT2D eigenvalue weighted by Crippen LogP contribution is -2.42. The van der Waals surface area contributed by atoms with E-state index in [0.717, 1.165) is 0 Å². The minimum absolute atomic E-state index is 0.0290. The normalized spacial score (nSPS) is 12.9. The Labute approximate surface area is 108 Å². The van der Waals surface area contributed by atoms with Crippen LogP contribution in [-0.2, 0) is 4.79 Å². The standard InChI is InChI=1S/C14H21NO3/c1-11(18-12-7-5-4-6-8-12)13(17)15-9-14(2,3)10-16/h4-8,11,16H,9-10H2,1-3H3,(H,15,17). The maximum Gasteiger partial charge on any atom is 0.260 e. The number of hydrogen-bond donors (Lipinski definition) is 2. The molecule has 2 N–H and O–H groups in total. The summed E-state index contributed by atoms with van der Waals surface area (Å²) in [7, 11) is 0. The van der Waals surface area contributed by atoms with Crippen molar-refractivity contribution in [2.45, 2.75) is 26.9 Å². The van der Waals surface area contributed by atoms with Gasteiger partial charge in [0.05, 0.1) is 0 Å². The third-order valence-electron chi connectivity index (χ3n) is 2.59. The maximum atomic E-state index is 11.8. The first-order valence-corrected chi connectivity index (χ1v) is 6.05. The molecule has 0 aromatic heterocycles. The van der Waals surface area contributed by atoms with Crippen LogP contribution in [0.3, 0.4) is 0 Å². The highest BCUT2D eigenvalue weighted by molar-refractivity contribution is 5.80. The van der Waals surface area contributed by atoms with Crippen molar-refractivity contribution in [1.82, 2.24) is 5.32 Å². The Morgan fingerprint density at radius 3 is 2.56 bits per heavy atom. The molecule has 0 aliphatic heterocycles. The second kappa shape index (κ2) is 6.40. The highest BCUT2D eigenvalue weighted by atomic mass is 16.5. The molecule has 0 heterocycles. The third kappa shape index (κ3) is 4.75. The van der Waals surface area contributed by atoms with Crippen molar-refractivity contribution in [2.75, 3.05) is 13.2 Å². The third-order valence-corrected chi connectivity index (χ3v) is 2.59. The Bertz CT molecular complexity index is 376. The van der Waals surface area contributed by atoms with E-state index in [9.17, 15) is 4.79 Å². The average Bonchev–Trinajstić information content (AvgIpc) is 2.37. The first-order valence-electron chi connectivity index (χ1n) is 6.05. The molecule has 1 rings (SSSR count). The summed E-state index contributed by atoms with van der Waals surface area (Å²) in [6.07, 6.45) is -0.554. The van der Waals surface area contributed by atoms with Crippen LogP contribution in [0.4, 0.5) is 0 Å². The summed E-state index contributed by atoms with van der Waals surface area (Å²) in [5.41, 5.74) is -0.317. The van der Waals surface area contributed by atoms with Gasteiger partial charge in [0.25, 0.3) is 5.91 Å². The van der Waals surface area contributed by atoms with Crippen LogP contribution in [-0.4, -0.2) is 30.3 Å². The molecule has 1 aromatic rings. The molecule has 0 fully saturated rings. The molecule has 4 nitrogen and oxygen atoms in total. The van der Waals surface area contributed by atoms with Gasteiger partial charge in [-0.15, -0.1) is 0 Å². The molecule has 1 aromatic carbocycles. The Morgan fingerprint density at radius 2 is 2.00 bits per heavy atom. The number of rotatable bonds is 6. The Kier molecular flexibility index (Phi) is 5.16. The van der Waals surface area contributed by atoms with Gasteiger partial charge in [0, 0.05) is 18.6 Å². The van der Waals surface area contributed by atoms with Gasteiger partial charge in [-0.25, -0.2) is 0 Å². The van der Waals surface area contributed by atoms with E-state index < -0.39 is 6.10 Å². The summed E-state index contributed by atoms with van der Waals surface area (Å²) in [6, 6.07) is 9.22. The van der Waals surface area contributed by atoms with Crippen molar-refractivity contribution in [3.63, 3.8) is 0 Å². The van der Waals surface area contributed by atoms with Gasteiger partial charge in [-0.2, -0.15) is 0 Å². The lowest BCUT2D eigenvalue weighted by atomic mass is 9.95. The Balaban J connectivity index is 2.43. The molecular weight excluding hydrogens is 230 g/mol. The number of hydrogen-bond acceptors (Lipinski definition) is 3. The number of amides is 1. The molecule has 0 aliphatic rings. The van der Waals surface area contributed by atoms with Crippen LogP contribution in [0.1, 0.15) is 20.8 Å². The number of carbonyl (C=O) groups excluding carboxylic acids is 1. The van der Waals surface area contributed by atoms with Gasteiger partial charge in [-0.1, -0.05) is 32.0 Å². The van der Waals surface area contributed by atoms with Crippen LogP contribution in [0, 0.1) is 5.41 Å². The molecule has 0 spiro atoms. The van der Waals surface area contributed by atoms with Gasteiger partial charge < -0.3 is 15.2 Å². The van der Waals surface area contributed by atoms with Gasteiger partial charge in [-0.05, 0) is 19.1 Å². The van der Waals surface area contributed by atoms with Gasteiger partial charge >= 0.3 is 0 Å². The van der Waals surface area contributed by atoms with Crippen LogP contribution in [0.25, 0.3) is 0 Å². The number of ether oxygens (including phenoxy) is 1. The second-order valence-electron chi connectivity index (χ2n) is 5.11. The predicted molar refractivity (Wildman–Crippen MR) is 70.4 cm³/mol. The summed E-state index contributed by atoms with van der Waals surface area (Å²) < 4.78 is 5.50. The van der Waals surface area contributed by atoms with Crippen molar-refractivity contribution in [3.05, 3.63) is 30.3 Å². The summed E-state index contributed by atoms with van der Waals surface area (Å²) in [5, 5.41) is 11.9. The van der Waals surface area contributed by atoms with Gasteiger partial charge in [0.2, 0.25) is 0 Å². The van der Waals surface area contributed by atoms with Crippen molar-refractivity contribution in [2.24, 2.45) is 5.41 Å². The molecule has 1 atom stereocenters. The monoisotopic (exact) mass is 251 g/mol. The number of benzene rings is 1. The molecule has 4 heteroatoms. The number of para-hydroxylation sites is 1. The molecule has 1 unspecified atom stereocenters. The van der Waals surface area contributed by atoms with Gasteiger partial charge in [-0.3, -0.25) is 4.79 Å². The van der Waals surface area contributed by atoms with Gasteiger partial charge in [0.15, 0.2) is 6.10 Å². The SMILES string of the molecule is CC(Oc1ccccc1)C(=O)NCC(C)(C)CO. The van der Waals surface area contributed by atoms with E-state index in [1.807, 2.05) is 32.0 Å². The number of aliphatic hydroxyl groups excluding tert-OH is 1. The van der Waals surface area contributed by atoms with E-state index in [2.05, 4.69) is 5.32 Å². The maximum absolute atomic E-state index is 11.8. The molecule has 18 heavy (non-hydrogen) atoms. The van der Waals surface area contributed by atoms with Crippen molar-refractivity contribution in [3.8, 4) is 5.75 Å². The highest BCUT2D eigenvalue weighted by Gasteiger charge is 2.20. The fourth-order valence-electron chi connectivity index (χ4n) is 1.28. The lowest BCUT2D eigenvalue weighted by molar-refractivity contribution is -0.127. The topological polar surface area (TPSA) is 58.6 Å². The number of nitrogens with one attached hydrogen (secondary N) is 1. The second-order valence-corrected chi connectivity index (χ2v) is 5.11. The van der Waals surface area contributed by atoms with Crippen molar-refractivity contribution >= 4 is 5.91 Å². The lowest BCUT2D eigenvalue weighted by Gasteiger charge is -2.23. The van der Waals surface area contributed by atoms with Crippen LogP contribution in [0.2, 0.25) is 0 Å². The first-order chi connectivity index (χ1) is 8.44. The zero-order valence-electron chi connectivity index (χ0n) is 11.1. The summed E-state index contributed by atoms with van der Waals surface area (Å²) in [5.74, 6) is 0.488. The van der Waals surface area contributed by atoms with E-state index in [4.69, 9.17) is 9.84 Å². The quantitative estimate of drug-likeness (QED) is 0.807. The first kappa shape index (κ1) is 14.5. The van der Waals surface area contributed by atoms with E-state index in [1.54, 1.807) is 19.1 Å². The van der Waals surface area contributed by atoms with Crippen molar-refractivity contribution < 1.29 is 14.6 Å². The molecular formula is C14H21NO3. The number of aliphatic hydroxyl groups is 1. The molecule has 0 aliphatic carbocycles. The minimum atomic E-state index is -0.554. The minimum Gasteiger partial charge on any atom is -0.481 e. The van der Waals surface area contributed by atoms with E-state index in [-0.39, 0.29) is 17.9 Å². The Morgan fingerprint density at radius 1 is 1.39 bits per heavy atom. The van der Waals surface area contributed by atoms with E-state index in [0.29, 0.717) is 12.3 Å². The van der Waals surface area contributed by atoms with Crippen LogP contribution in [0.15, 0.2) is 30.3 Å². The van der Waals surface area contributed by atoms with Crippen LogP contribution >= 0.6 is 0 Å². The molecule has 0 bridgehead atoms. The summed E-state index contributed by atoms with van der Waals surface area (Å²) in [4.78, 5) is 11.8. The zero-order valence-corrected chi connectivity index (χ0v) is 11.1. The highest BCUT2D eigenvalue weighted by Crippen LogP contribution is 2.13. The fourth-order valence-corrected chi connectivity index (χ4v) is 1.28.